The molecule has 0 aliphatic heterocycles. The second kappa shape index (κ2) is 17.0. The Morgan fingerprint density at radius 2 is 1.08 bits per heavy atom. The van der Waals surface area contributed by atoms with E-state index in [4.69, 9.17) is 5.73 Å². The zero-order valence-corrected chi connectivity index (χ0v) is 34.8. The first-order chi connectivity index (χ1) is 30.2. The molecule has 5 aromatic carbocycles. The van der Waals surface area contributed by atoms with Crippen molar-refractivity contribution in [1.82, 2.24) is 0 Å². The van der Waals surface area contributed by atoms with Crippen LogP contribution in [0.1, 0.15) is 74.0 Å². The van der Waals surface area contributed by atoms with Gasteiger partial charge in [0.05, 0.1) is 16.9 Å². The van der Waals surface area contributed by atoms with Gasteiger partial charge in [0.15, 0.2) is 11.4 Å². The molecule has 0 heterocycles. The maximum Gasteiger partial charge on any atom is 0.337 e. The summed E-state index contributed by atoms with van der Waals surface area (Å²) in [6.45, 7) is 3.37. The van der Waals surface area contributed by atoms with Crippen molar-refractivity contribution in [3.63, 3.8) is 0 Å². The third-order valence-electron chi connectivity index (χ3n) is 9.90. The fourth-order valence-electron chi connectivity index (χ4n) is 6.55. The second-order valence-electron chi connectivity index (χ2n) is 14.2. The van der Waals surface area contributed by atoms with Gasteiger partial charge in [-0.1, -0.05) is 18.2 Å². The van der Waals surface area contributed by atoms with Crippen molar-refractivity contribution in [2.45, 2.75) is 13.8 Å². The van der Waals surface area contributed by atoms with E-state index in [0.29, 0.717) is 11.3 Å². The number of Topliss-reactive ketones (excluding diaryl/α,β-unsaturated/α-hetero) is 2. The van der Waals surface area contributed by atoms with Crippen LogP contribution in [0.5, 0.6) is 0 Å². The van der Waals surface area contributed by atoms with Crippen LogP contribution >= 0.6 is 0 Å². The van der Waals surface area contributed by atoms with E-state index < -0.39 is 70.8 Å². The number of benzene rings is 5. The fraction of sp³-hybridized carbons (Fsp3) is 0.0465. The third-order valence-corrected chi connectivity index (χ3v) is 11.6. The molecule has 0 atom stereocenters. The zero-order chi connectivity index (χ0) is 46.2. The van der Waals surface area contributed by atoms with Crippen molar-refractivity contribution >= 4 is 102 Å². The van der Waals surface area contributed by atoms with Gasteiger partial charge in [-0.3, -0.25) is 39.1 Å². The van der Waals surface area contributed by atoms with Gasteiger partial charge in [0.25, 0.3) is 32.1 Å². The monoisotopic (exact) mass is 903 g/mol. The first-order valence-corrected chi connectivity index (χ1v) is 21.4. The number of hydrazone groups is 2. The topological polar surface area (TPSA) is 313 Å². The number of ketones is 2. The summed E-state index contributed by atoms with van der Waals surface area (Å²) in [5, 5.41) is 22.6. The van der Waals surface area contributed by atoms with Crippen molar-refractivity contribution in [2.24, 2.45) is 10.2 Å². The Morgan fingerprint density at radius 3 is 1.56 bits per heavy atom. The van der Waals surface area contributed by atoms with Gasteiger partial charge in [0.1, 0.15) is 9.81 Å². The molecule has 0 saturated carbocycles. The van der Waals surface area contributed by atoms with E-state index in [1.807, 2.05) is 0 Å². The Hall–Kier alpha value is -8.11. The van der Waals surface area contributed by atoms with Gasteiger partial charge in [-0.2, -0.15) is 27.0 Å². The van der Waals surface area contributed by atoms with Crippen LogP contribution in [0.15, 0.2) is 117 Å². The van der Waals surface area contributed by atoms with Crippen LogP contribution in [0.2, 0.25) is 0 Å². The Balaban J connectivity index is 1.08. The summed E-state index contributed by atoms with van der Waals surface area (Å²) in [7, 11) is -10.1. The van der Waals surface area contributed by atoms with E-state index in [-0.39, 0.29) is 61.7 Å². The molecule has 0 fully saturated rings. The number of carbonyl (C=O) groups is 5. The van der Waals surface area contributed by atoms with Crippen LogP contribution in [0, 0.1) is 13.8 Å². The molecule has 0 spiro atoms. The van der Waals surface area contributed by atoms with Gasteiger partial charge in [0.2, 0.25) is 11.6 Å². The number of carboxylic acids is 1. The number of nitrogen functional groups attached to an aromatic ring is 1. The molecule has 2 amide bonds. The number of para-hydroxylation sites is 1. The lowest BCUT2D eigenvalue weighted by atomic mass is 9.94. The van der Waals surface area contributed by atoms with Gasteiger partial charge in [0, 0.05) is 39.3 Å². The lowest BCUT2D eigenvalue weighted by molar-refractivity contribution is 0.0697. The largest absolute Gasteiger partial charge is 0.478 e. The number of nitrogens with two attached hydrogens (primary N) is 1. The van der Waals surface area contributed by atoms with Gasteiger partial charge >= 0.3 is 5.97 Å². The number of nitrogens with one attached hydrogen (secondary N) is 4. The Morgan fingerprint density at radius 1 is 0.594 bits per heavy atom. The molecule has 2 aliphatic rings. The SMILES string of the molecule is Cc1ccc(C(=O)Nc2ccc3c(c2)C=C(S(=O)(=O)O)C(=NNc2ccc(C(=O)Nc4ccc5c(c4)C=C(S(=O)(=O)O)C(=NNc4ccccc4C(=O)O)C5=O)cc2C)C3=O)cc1N. The standard InChI is InChI=1S/C43H33N7O12S2/c1-21-7-8-24(18-32(21)44)42(54)46-28-11-13-29-26(17-28)19-35(63(57,58)59)37(39(29)51)49-47-33-14-9-23(15-22(33)2)41(53)45-27-10-12-30-25(16-27)20-36(64(60,61)62)38(40(30)52)50-48-34-6-4-3-5-31(34)43(55)56/h3-20,47-48H,44H2,1-2H3,(H,45,53)(H,46,54)(H,55,56)(H,57,58,59)(H,60,61,62). The molecule has 0 radical (unpaired) electrons. The van der Waals surface area contributed by atoms with Crippen molar-refractivity contribution < 1.29 is 55.0 Å². The van der Waals surface area contributed by atoms with E-state index in [9.17, 15) is 55.0 Å². The van der Waals surface area contributed by atoms with E-state index >= 15 is 0 Å². The fourth-order valence-corrected chi connectivity index (χ4v) is 7.87. The summed E-state index contributed by atoms with van der Waals surface area (Å²) in [4.78, 5) is 63.2. The minimum Gasteiger partial charge on any atom is -0.478 e. The molecular weight excluding hydrogens is 871 g/mol. The predicted octanol–water partition coefficient (Wildman–Crippen LogP) is 5.87. The number of allylic oxidation sites excluding steroid dienone is 2. The highest BCUT2D eigenvalue weighted by Gasteiger charge is 2.35. The number of aryl methyl sites for hydroxylation is 2. The smallest absolute Gasteiger partial charge is 0.337 e. The number of rotatable bonds is 11. The number of anilines is 5. The number of nitrogens with zero attached hydrogens (tertiary/aromatic N) is 2. The van der Waals surface area contributed by atoms with Crippen LogP contribution in [-0.4, -0.2) is 71.8 Å². The second-order valence-corrected chi connectivity index (χ2v) is 17.0. The van der Waals surface area contributed by atoms with E-state index in [2.05, 4.69) is 31.7 Å². The van der Waals surface area contributed by atoms with Crippen molar-refractivity contribution in [3.05, 3.63) is 157 Å². The molecular formula is C43H33N7O12S2. The average Bonchev–Trinajstić information content (AvgIpc) is 3.23. The highest BCUT2D eigenvalue weighted by atomic mass is 32.2. The normalized spacial score (nSPS) is 14.8. The van der Waals surface area contributed by atoms with Crippen molar-refractivity contribution in [3.8, 4) is 0 Å². The first-order valence-electron chi connectivity index (χ1n) is 18.6. The molecule has 64 heavy (non-hydrogen) atoms. The number of carbonyl (C=O) groups excluding carboxylic acids is 4. The van der Waals surface area contributed by atoms with Crippen LogP contribution in [0.4, 0.5) is 28.4 Å². The molecule has 5 aromatic rings. The number of hydrogen-bond acceptors (Lipinski definition) is 14. The zero-order valence-electron chi connectivity index (χ0n) is 33.2. The highest BCUT2D eigenvalue weighted by Crippen LogP contribution is 2.31. The summed E-state index contributed by atoms with van der Waals surface area (Å²) in [6.07, 6.45) is 2.01. The Bertz CT molecular complexity index is 3270. The van der Waals surface area contributed by atoms with Crippen LogP contribution in [0.25, 0.3) is 12.2 Å². The molecule has 0 bridgehead atoms. The molecule has 324 valence electrons. The predicted molar refractivity (Wildman–Crippen MR) is 239 cm³/mol. The average molecular weight is 904 g/mol. The molecule has 19 nitrogen and oxygen atoms in total. The van der Waals surface area contributed by atoms with Crippen LogP contribution < -0.4 is 27.2 Å². The van der Waals surface area contributed by atoms with Crippen molar-refractivity contribution in [2.75, 3.05) is 27.2 Å². The number of carboxylic acid groups (broad SMARTS) is 1. The molecule has 9 N–H and O–H groups in total. The molecule has 0 unspecified atom stereocenters. The van der Waals surface area contributed by atoms with Gasteiger partial charge in [-0.25, -0.2) is 4.79 Å². The van der Waals surface area contributed by atoms with Crippen molar-refractivity contribution in [1.29, 1.82) is 0 Å². The van der Waals surface area contributed by atoms with Crippen LogP contribution in [-0.2, 0) is 20.2 Å². The summed E-state index contributed by atoms with van der Waals surface area (Å²) in [5.74, 6) is -4.27. The summed E-state index contributed by atoms with van der Waals surface area (Å²) in [6, 6.07) is 22.6. The Kier molecular flexibility index (Phi) is 11.7. The summed E-state index contributed by atoms with van der Waals surface area (Å²) in [5.41, 5.74) is 11.9. The lowest BCUT2D eigenvalue weighted by Gasteiger charge is -2.18. The minimum atomic E-state index is -5.05. The maximum atomic E-state index is 13.6. The molecule has 21 heteroatoms. The van der Waals surface area contributed by atoms with E-state index in [1.165, 1.54) is 84.9 Å². The molecule has 0 saturated heterocycles. The number of amides is 2. The van der Waals surface area contributed by atoms with Gasteiger partial charge in [-0.15, -0.1) is 0 Å². The van der Waals surface area contributed by atoms with Gasteiger partial charge < -0.3 is 21.5 Å². The quantitative estimate of drug-likeness (QED) is 0.0436. The van der Waals surface area contributed by atoms with E-state index in [1.54, 1.807) is 26.0 Å². The molecule has 2 aliphatic carbocycles. The number of fused-ring (bicyclic) bond motifs is 2. The summed E-state index contributed by atoms with van der Waals surface area (Å²) >= 11 is 0. The molecule has 0 aromatic heterocycles. The minimum absolute atomic E-state index is 0.00431. The van der Waals surface area contributed by atoms with Crippen LogP contribution in [0.3, 0.4) is 0 Å². The maximum absolute atomic E-state index is 13.6. The molecule has 7 rings (SSSR count). The third kappa shape index (κ3) is 9.07. The number of hydrogen-bond donors (Lipinski definition) is 8. The first kappa shape index (κ1) is 44.0. The lowest BCUT2D eigenvalue weighted by Crippen LogP contribution is -2.27. The van der Waals surface area contributed by atoms with Gasteiger partial charge in [-0.05, 0) is 127 Å². The Labute approximate surface area is 363 Å². The van der Waals surface area contributed by atoms with E-state index in [0.717, 1.165) is 17.7 Å². The summed E-state index contributed by atoms with van der Waals surface area (Å²) < 4.78 is 69.8. The number of aromatic carboxylic acids is 1. The highest BCUT2D eigenvalue weighted by molar-refractivity contribution is 7.91.